The number of carboxylic acid groups (broad SMARTS) is 1. The Kier molecular flexibility index (Phi) is 4.42. The molecule has 2 heterocycles. The highest BCUT2D eigenvalue weighted by molar-refractivity contribution is 5.75. The molecule has 0 aromatic carbocycles. The van der Waals surface area contributed by atoms with Crippen molar-refractivity contribution in [2.75, 3.05) is 19.7 Å². The lowest BCUT2D eigenvalue weighted by Crippen LogP contribution is -2.65. The first kappa shape index (κ1) is 15.2. The van der Waals surface area contributed by atoms with Gasteiger partial charge in [-0.2, -0.15) is 0 Å². The van der Waals surface area contributed by atoms with E-state index < -0.39 is 11.6 Å². The number of hydrogen-bond acceptors (Lipinski definition) is 4. The van der Waals surface area contributed by atoms with Gasteiger partial charge in [-0.25, -0.2) is 9.59 Å². The lowest BCUT2D eigenvalue weighted by atomic mass is 9.97. The van der Waals surface area contributed by atoms with Gasteiger partial charge < -0.3 is 20.1 Å². The van der Waals surface area contributed by atoms with Crippen molar-refractivity contribution in [2.24, 2.45) is 0 Å². The van der Waals surface area contributed by atoms with E-state index in [1.165, 1.54) is 0 Å². The molecule has 1 saturated heterocycles. The molecule has 1 aliphatic heterocycles. The van der Waals surface area contributed by atoms with Gasteiger partial charge in [-0.15, -0.1) is 0 Å². The predicted octanol–water partition coefficient (Wildman–Crippen LogP) is 0.775. The van der Waals surface area contributed by atoms with Crippen LogP contribution in [0, 0.1) is 6.92 Å². The minimum absolute atomic E-state index is 0.199. The summed E-state index contributed by atoms with van der Waals surface area (Å²) in [7, 11) is 0. The van der Waals surface area contributed by atoms with Crippen LogP contribution in [0.4, 0.5) is 4.79 Å². The fourth-order valence-corrected chi connectivity index (χ4v) is 2.21. The van der Waals surface area contributed by atoms with E-state index in [0.717, 1.165) is 11.4 Å². The number of hydrogen-bond donors (Lipinski definition) is 2. The third-order valence-electron chi connectivity index (χ3n) is 3.25. The molecule has 1 aliphatic rings. The molecule has 0 spiro atoms. The van der Waals surface area contributed by atoms with Gasteiger partial charge in [-0.3, -0.25) is 4.98 Å². The number of urea groups is 1. The summed E-state index contributed by atoms with van der Waals surface area (Å²) in [5, 5.41) is 11.4. The Morgan fingerprint density at radius 1 is 1.48 bits per heavy atom. The van der Waals surface area contributed by atoms with Crippen molar-refractivity contribution in [3.8, 4) is 0 Å². The molecule has 2 rings (SSSR count). The van der Waals surface area contributed by atoms with Crippen LogP contribution in [0.2, 0.25) is 0 Å². The van der Waals surface area contributed by atoms with Crippen molar-refractivity contribution in [1.82, 2.24) is 15.2 Å². The van der Waals surface area contributed by atoms with Gasteiger partial charge in [-0.05, 0) is 26.0 Å². The fourth-order valence-electron chi connectivity index (χ4n) is 2.21. The number of carboxylic acids is 1. The highest BCUT2D eigenvalue weighted by Gasteiger charge is 2.42. The van der Waals surface area contributed by atoms with Gasteiger partial charge in [-0.1, -0.05) is 6.07 Å². The molecular formula is C14H19N3O4. The second kappa shape index (κ2) is 6.09. The van der Waals surface area contributed by atoms with Crippen molar-refractivity contribution in [3.63, 3.8) is 0 Å². The van der Waals surface area contributed by atoms with Gasteiger partial charge in [0.15, 0.2) is 0 Å². The third kappa shape index (κ3) is 4.16. The number of carbonyl (C=O) groups excluding carboxylic acids is 1. The maximum Gasteiger partial charge on any atom is 0.329 e. The van der Waals surface area contributed by atoms with Gasteiger partial charge in [0.1, 0.15) is 12.2 Å². The quantitative estimate of drug-likeness (QED) is 0.837. The molecule has 0 bridgehead atoms. The van der Waals surface area contributed by atoms with E-state index in [1.807, 2.05) is 25.1 Å². The molecule has 1 aromatic heterocycles. The molecule has 2 amide bonds. The first-order valence-corrected chi connectivity index (χ1v) is 6.69. The van der Waals surface area contributed by atoms with Crippen molar-refractivity contribution in [3.05, 3.63) is 29.6 Å². The molecule has 0 aliphatic carbocycles. The fraction of sp³-hybridized carbons (Fsp3) is 0.500. The Bertz CT molecular complexity index is 541. The number of aryl methyl sites for hydroxylation is 1. The number of pyridine rings is 1. The van der Waals surface area contributed by atoms with Gasteiger partial charge in [0.2, 0.25) is 0 Å². The Balaban J connectivity index is 1.75. The van der Waals surface area contributed by atoms with Crippen LogP contribution in [-0.2, 0) is 16.1 Å². The molecule has 21 heavy (non-hydrogen) atoms. The Morgan fingerprint density at radius 3 is 2.81 bits per heavy atom. The summed E-state index contributed by atoms with van der Waals surface area (Å²) in [6.07, 6.45) is 0. The first-order chi connectivity index (χ1) is 9.88. The second-order valence-corrected chi connectivity index (χ2v) is 5.42. The summed E-state index contributed by atoms with van der Waals surface area (Å²) in [6, 6.07) is 5.44. The number of nitrogens with one attached hydrogen (secondary N) is 1. The molecule has 2 N–H and O–H groups in total. The number of rotatable bonds is 5. The van der Waals surface area contributed by atoms with E-state index in [0.29, 0.717) is 19.6 Å². The predicted molar refractivity (Wildman–Crippen MR) is 74.8 cm³/mol. The van der Waals surface area contributed by atoms with Gasteiger partial charge in [0.05, 0.1) is 25.3 Å². The Morgan fingerprint density at radius 2 is 2.19 bits per heavy atom. The molecule has 7 heteroatoms. The van der Waals surface area contributed by atoms with Crippen molar-refractivity contribution < 1.29 is 19.4 Å². The summed E-state index contributed by atoms with van der Waals surface area (Å²) < 4.78 is 5.25. The number of ether oxygens (including phenoxy) is 1. The third-order valence-corrected chi connectivity index (χ3v) is 3.25. The topological polar surface area (TPSA) is 91.8 Å². The Labute approximate surface area is 122 Å². The van der Waals surface area contributed by atoms with Gasteiger partial charge in [0, 0.05) is 5.69 Å². The summed E-state index contributed by atoms with van der Waals surface area (Å²) >= 11 is 0. The lowest BCUT2D eigenvalue weighted by Gasteiger charge is -2.46. The van der Waals surface area contributed by atoms with E-state index in [9.17, 15) is 9.59 Å². The van der Waals surface area contributed by atoms with E-state index in [1.54, 1.807) is 11.8 Å². The van der Waals surface area contributed by atoms with Crippen molar-refractivity contribution >= 4 is 12.0 Å². The molecule has 1 aromatic rings. The smallest absolute Gasteiger partial charge is 0.329 e. The zero-order valence-corrected chi connectivity index (χ0v) is 12.1. The summed E-state index contributed by atoms with van der Waals surface area (Å²) in [5.74, 6) is -1.01. The molecule has 114 valence electrons. The number of nitrogens with zero attached hydrogens (tertiary/aromatic N) is 2. The number of carbonyl (C=O) groups is 2. The summed E-state index contributed by atoms with van der Waals surface area (Å²) in [4.78, 5) is 28.3. The lowest BCUT2D eigenvalue weighted by molar-refractivity contribution is -0.159. The van der Waals surface area contributed by atoms with Crippen LogP contribution in [-0.4, -0.2) is 52.3 Å². The van der Waals surface area contributed by atoms with E-state index >= 15 is 0 Å². The molecule has 0 saturated carbocycles. The number of aromatic nitrogens is 1. The maximum absolute atomic E-state index is 11.9. The molecule has 0 radical (unpaired) electrons. The zero-order chi connectivity index (χ0) is 15.5. The largest absolute Gasteiger partial charge is 0.480 e. The summed E-state index contributed by atoms with van der Waals surface area (Å²) in [5.41, 5.74) is 1.13. The highest BCUT2D eigenvalue weighted by Crippen LogP contribution is 2.24. The number of likely N-dealkylation sites (tertiary alicyclic amines) is 1. The number of aliphatic carboxylic acids is 1. The molecule has 1 fully saturated rings. The van der Waals surface area contributed by atoms with Crippen LogP contribution in [0.1, 0.15) is 18.3 Å². The number of amides is 2. The van der Waals surface area contributed by atoms with Crippen LogP contribution in [0.5, 0.6) is 0 Å². The normalized spacial score (nSPS) is 16.2. The first-order valence-electron chi connectivity index (χ1n) is 6.69. The molecular weight excluding hydrogens is 274 g/mol. The molecule has 7 nitrogen and oxygen atoms in total. The molecule has 0 atom stereocenters. The zero-order valence-electron chi connectivity index (χ0n) is 12.1. The standard InChI is InChI=1S/C14H19N3O4/c1-10-4-3-5-11(16-10)6-15-13(20)17-8-14(2,9-17)21-7-12(18)19/h3-5H,6-9H2,1-2H3,(H,15,20)(H,18,19). The van der Waals surface area contributed by atoms with Crippen molar-refractivity contribution in [2.45, 2.75) is 26.0 Å². The molecule has 0 unspecified atom stereocenters. The van der Waals surface area contributed by atoms with Crippen LogP contribution < -0.4 is 5.32 Å². The van der Waals surface area contributed by atoms with Crippen LogP contribution in [0.25, 0.3) is 0 Å². The maximum atomic E-state index is 11.9. The monoisotopic (exact) mass is 293 g/mol. The average Bonchev–Trinajstić information content (AvgIpc) is 2.39. The van der Waals surface area contributed by atoms with E-state index in [-0.39, 0.29) is 12.6 Å². The second-order valence-electron chi connectivity index (χ2n) is 5.42. The summed E-state index contributed by atoms with van der Waals surface area (Å²) in [6.45, 7) is 4.47. The minimum atomic E-state index is -1.01. The van der Waals surface area contributed by atoms with E-state index in [4.69, 9.17) is 9.84 Å². The average molecular weight is 293 g/mol. The van der Waals surface area contributed by atoms with Crippen molar-refractivity contribution in [1.29, 1.82) is 0 Å². The van der Waals surface area contributed by atoms with Crippen LogP contribution in [0.3, 0.4) is 0 Å². The Hall–Kier alpha value is -2.15. The van der Waals surface area contributed by atoms with Gasteiger partial charge in [0.25, 0.3) is 0 Å². The highest BCUT2D eigenvalue weighted by atomic mass is 16.5. The van der Waals surface area contributed by atoms with E-state index in [2.05, 4.69) is 10.3 Å². The van der Waals surface area contributed by atoms with Gasteiger partial charge >= 0.3 is 12.0 Å². The minimum Gasteiger partial charge on any atom is -0.480 e. The SMILES string of the molecule is Cc1cccc(CNC(=O)N2CC(C)(OCC(=O)O)C2)n1. The van der Waals surface area contributed by atoms with Crippen LogP contribution in [0.15, 0.2) is 18.2 Å². The van der Waals surface area contributed by atoms with Crippen LogP contribution >= 0.6 is 0 Å².